The van der Waals surface area contributed by atoms with Crippen LogP contribution in [0.4, 0.5) is 10.5 Å². The van der Waals surface area contributed by atoms with E-state index in [9.17, 15) is 4.79 Å². The van der Waals surface area contributed by atoms with E-state index in [1.54, 1.807) is 35.1 Å². The Morgan fingerprint density at radius 2 is 2.00 bits per heavy atom. The summed E-state index contributed by atoms with van der Waals surface area (Å²) in [5.74, 6) is 0. The second-order valence-corrected chi connectivity index (χ2v) is 4.94. The van der Waals surface area contributed by atoms with Gasteiger partial charge in [-0.1, -0.05) is 23.2 Å². The quantitative estimate of drug-likeness (QED) is 0.907. The van der Waals surface area contributed by atoms with Crippen LogP contribution >= 0.6 is 23.2 Å². The van der Waals surface area contributed by atoms with Gasteiger partial charge in [0.15, 0.2) is 0 Å². The van der Waals surface area contributed by atoms with Crippen molar-refractivity contribution < 1.29 is 4.79 Å². The van der Waals surface area contributed by atoms with Gasteiger partial charge in [-0.25, -0.2) is 4.79 Å². The molecule has 0 aliphatic rings. The number of aromatic nitrogens is 2. The van der Waals surface area contributed by atoms with Gasteiger partial charge in [0.25, 0.3) is 0 Å². The number of hydrogen-bond donors (Lipinski definition) is 2. The molecule has 0 spiro atoms. The lowest BCUT2D eigenvalue weighted by molar-refractivity contribution is 0.251. The van der Waals surface area contributed by atoms with E-state index < -0.39 is 0 Å². The maximum absolute atomic E-state index is 11.7. The van der Waals surface area contributed by atoms with Gasteiger partial charge in [-0.2, -0.15) is 5.10 Å². The molecule has 2 amide bonds. The molecule has 0 atom stereocenters. The molecule has 0 bridgehead atoms. The number of carbonyl (C=O) groups is 1. The highest BCUT2D eigenvalue weighted by Crippen LogP contribution is 2.14. The third-order valence-corrected chi connectivity index (χ3v) is 3.20. The van der Waals surface area contributed by atoms with Crippen LogP contribution in [0.15, 0.2) is 30.5 Å². The Bertz CT molecular complexity index is 595. The molecule has 1 heterocycles. The minimum atomic E-state index is -0.325. The number of carbonyl (C=O) groups excluding carboxylic acids is 1. The summed E-state index contributed by atoms with van der Waals surface area (Å²) in [6.07, 6.45) is 1.73. The van der Waals surface area contributed by atoms with E-state index in [0.717, 1.165) is 6.54 Å². The van der Waals surface area contributed by atoms with Gasteiger partial charge in [0, 0.05) is 23.5 Å². The predicted molar refractivity (Wildman–Crippen MR) is 80.2 cm³/mol. The van der Waals surface area contributed by atoms with Crippen molar-refractivity contribution in [2.24, 2.45) is 0 Å². The average molecular weight is 313 g/mol. The monoisotopic (exact) mass is 312 g/mol. The number of urea groups is 1. The Morgan fingerprint density at radius 1 is 1.30 bits per heavy atom. The zero-order valence-electron chi connectivity index (χ0n) is 10.9. The maximum atomic E-state index is 11.7. The standard InChI is InChI=1S/C13H14Cl2N4O/c1-2-19-8-11(15)12(18-19)7-16-13(20)17-10-5-3-9(14)4-6-10/h3-6,8H,2,7H2,1H3,(H2,16,17,20). The molecule has 1 aromatic carbocycles. The van der Waals surface area contributed by atoms with E-state index in [-0.39, 0.29) is 12.6 Å². The van der Waals surface area contributed by atoms with Crippen molar-refractivity contribution in [3.63, 3.8) is 0 Å². The number of halogens is 2. The highest BCUT2D eigenvalue weighted by atomic mass is 35.5. The van der Waals surface area contributed by atoms with E-state index in [4.69, 9.17) is 23.2 Å². The lowest BCUT2D eigenvalue weighted by Gasteiger charge is -2.06. The van der Waals surface area contributed by atoms with Crippen LogP contribution in [0.1, 0.15) is 12.6 Å². The minimum Gasteiger partial charge on any atom is -0.332 e. The van der Waals surface area contributed by atoms with Crippen LogP contribution in [0, 0.1) is 0 Å². The summed E-state index contributed by atoms with van der Waals surface area (Å²) in [5, 5.41) is 10.8. The first kappa shape index (κ1) is 14.7. The predicted octanol–water partition coefficient (Wildman–Crippen LogP) is 3.53. The number of nitrogens with one attached hydrogen (secondary N) is 2. The highest BCUT2D eigenvalue weighted by Gasteiger charge is 2.08. The lowest BCUT2D eigenvalue weighted by Crippen LogP contribution is -2.28. The van der Waals surface area contributed by atoms with E-state index in [2.05, 4.69) is 15.7 Å². The van der Waals surface area contributed by atoms with Crippen molar-refractivity contribution in [1.29, 1.82) is 0 Å². The Hall–Kier alpha value is -1.72. The maximum Gasteiger partial charge on any atom is 0.319 e. The fourth-order valence-corrected chi connectivity index (χ4v) is 1.93. The third-order valence-electron chi connectivity index (χ3n) is 2.63. The molecule has 20 heavy (non-hydrogen) atoms. The molecule has 2 aromatic rings. The molecule has 0 radical (unpaired) electrons. The Morgan fingerprint density at radius 3 is 2.60 bits per heavy atom. The third kappa shape index (κ3) is 3.88. The molecule has 0 aliphatic heterocycles. The van der Waals surface area contributed by atoms with E-state index in [0.29, 0.717) is 21.4 Å². The Kier molecular flexibility index (Phi) is 4.87. The van der Waals surface area contributed by atoms with Crippen molar-refractivity contribution in [1.82, 2.24) is 15.1 Å². The molecular weight excluding hydrogens is 299 g/mol. The number of aryl methyl sites for hydroxylation is 1. The molecule has 5 nitrogen and oxygen atoms in total. The molecule has 106 valence electrons. The van der Waals surface area contributed by atoms with Crippen LogP contribution in [0.2, 0.25) is 10.0 Å². The molecular formula is C13H14Cl2N4O. The normalized spacial score (nSPS) is 10.3. The van der Waals surface area contributed by atoms with Crippen LogP contribution in [0.3, 0.4) is 0 Å². The van der Waals surface area contributed by atoms with Gasteiger partial charge in [-0.3, -0.25) is 4.68 Å². The van der Waals surface area contributed by atoms with Gasteiger partial charge in [0.1, 0.15) is 5.69 Å². The van der Waals surface area contributed by atoms with Gasteiger partial charge in [-0.05, 0) is 31.2 Å². The first-order valence-electron chi connectivity index (χ1n) is 6.10. The number of nitrogens with zero attached hydrogens (tertiary/aromatic N) is 2. The number of hydrogen-bond acceptors (Lipinski definition) is 2. The second kappa shape index (κ2) is 6.63. The van der Waals surface area contributed by atoms with Crippen molar-refractivity contribution >= 4 is 34.9 Å². The van der Waals surface area contributed by atoms with Gasteiger partial charge < -0.3 is 10.6 Å². The molecule has 1 aromatic heterocycles. The topological polar surface area (TPSA) is 59.0 Å². The largest absolute Gasteiger partial charge is 0.332 e. The molecule has 0 fully saturated rings. The first-order chi connectivity index (χ1) is 9.58. The Balaban J connectivity index is 1.88. The van der Waals surface area contributed by atoms with E-state index >= 15 is 0 Å². The van der Waals surface area contributed by atoms with Crippen molar-refractivity contribution in [3.8, 4) is 0 Å². The summed E-state index contributed by atoms with van der Waals surface area (Å²) in [7, 11) is 0. The summed E-state index contributed by atoms with van der Waals surface area (Å²) in [6, 6.07) is 6.53. The van der Waals surface area contributed by atoms with Crippen molar-refractivity contribution in [2.45, 2.75) is 20.0 Å². The number of anilines is 1. The van der Waals surface area contributed by atoms with Gasteiger partial charge in [-0.15, -0.1) is 0 Å². The van der Waals surface area contributed by atoms with Gasteiger partial charge >= 0.3 is 6.03 Å². The summed E-state index contributed by atoms with van der Waals surface area (Å²) in [5.41, 5.74) is 1.30. The van der Waals surface area contributed by atoms with Crippen LogP contribution < -0.4 is 10.6 Å². The molecule has 2 rings (SSSR count). The molecule has 0 saturated heterocycles. The zero-order valence-corrected chi connectivity index (χ0v) is 12.4. The lowest BCUT2D eigenvalue weighted by atomic mass is 10.3. The SMILES string of the molecule is CCn1cc(Cl)c(CNC(=O)Nc2ccc(Cl)cc2)n1. The molecule has 0 saturated carbocycles. The van der Waals surface area contributed by atoms with E-state index in [1.807, 2.05) is 6.92 Å². The van der Waals surface area contributed by atoms with Crippen LogP contribution in [-0.2, 0) is 13.1 Å². The van der Waals surface area contributed by atoms with Crippen molar-refractivity contribution in [2.75, 3.05) is 5.32 Å². The number of rotatable bonds is 4. The minimum absolute atomic E-state index is 0.269. The molecule has 0 unspecified atom stereocenters. The summed E-state index contributed by atoms with van der Waals surface area (Å²) < 4.78 is 1.72. The Labute approximate surface area is 126 Å². The highest BCUT2D eigenvalue weighted by molar-refractivity contribution is 6.31. The summed E-state index contributed by atoms with van der Waals surface area (Å²) in [4.78, 5) is 11.7. The summed E-state index contributed by atoms with van der Waals surface area (Å²) in [6.45, 7) is 2.97. The average Bonchev–Trinajstić information content (AvgIpc) is 2.80. The first-order valence-corrected chi connectivity index (χ1v) is 6.86. The van der Waals surface area contributed by atoms with Gasteiger partial charge in [0.2, 0.25) is 0 Å². The molecule has 7 heteroatoms. The smallest absolute Gasteiger partial charge is 0.319 e. The van der Waals surface area contributed by atoms with Crippen molar-refractivity contribution in [3.05, 3.63) is 46.2 Å². The number of amides is 2. The fourth-order valence-electron chi connectivity index (χ4n) is 1.59. The zero-order chi connectivity index (χ0) is 14.5. The fraction of sp³-hybridized carbons (Fsp3) is 0.231. The number of benzene rings is 1. The molecule has 2 N–H and O–H groups in total. The van der Waals surface area contributed by atoms with Crippen LogP contribution in [-0.4, -0.2) is 15.8 Å². The summed E-state index contributed by atoms with van der Waals surface area (Å²) >= 11 is 11.8. The van der Waals surface area contributed by atoms with Crippen LogP contribution in [0.5, 0.6) is 0 Å². The van der Waals surface area contributed by atoms with E-state index in [1.165, 1.54) is 0 Å². The van der Waals surface area contributed by atoms with Crippen LogP contribution in [0.25, 0.3) is 0 Å². The molecule has 0 aliphatic carbocycles. The second-order valence-electron chi connectivity index (χ2n) is 4.09. The van der Waals surface area contributed by atoms with Gasteiger partial charge in [0.05, 0.1) is 11.6 Å².